The molecule has 0 aromatic heterocycles. The minimum atomic E-state index is -3.18. The fraction of sp³-hybridized carbons (Fsp3) is 0.538. The van der Waals surface area contributed by atoms with Crippen LogP contribution in [0.15, 0.2) is 18.2 Å². The van der Waals surface area contributed by atoms with Gasteiger partial charge in [-0.25, -0.2) is 12.8 Å². The van der Waals surface area contributed by atoms with Crippen LogP contribution in [0.25, 0.3) is 0 Å². The Morgan fingerprint density at radius 1 is 1.33 bits per heavy atom. The predicted molar refractivity (Wildman–Crippen MR) is 71.9 cm³/mol. The highest BCUT2D eigenvalue weighted by Gasteiger charge is 2.27. The van der Waals surface area contributed by atoms with Gasteiger partial charge in [0.15, 0.2) is 9.84 Å². The SMILES string of the molecule is CCNC(c1cc(C)cc(F)c1)C(C)S(C)(=O)=O. The molecule has 0 saturated carbocycles. The van der Waals surface area contributed by atoms with Crippen LogP contribution >= 0.6 is 0 Å². The van der Waals surface area contributed by atoms with Crippen LogP contribution < -0.4 is 5.32 Å². The van der Waals surface area contributed by atoms with Crippen molar-refractivity contribution in [1.29, 1.82) is 0 Å². The van der Waals surface area contributed by atoms with Crippen molar-refractivity contribution in [3.05, 3.63) is 35.1 Å². The highest BCUT2D eigenvalue weighted by atomic mass is 32.2. The highest BCUT2D eigenvalue weighted by molar-refractivity contribution is 7.91. The van der Waals surface area contributed by atoms with Gasteiger partial charge in [-0.15, -0.1) is 0 Å². The summed E-state index contributed by atoms with van der Waals surface area (Å²) in [6, 6.07) is 4.25. The van der Waals surface area contributed by atoms with Crippen LogP contribution in [0.3, 0.4) is 0 Å². The summed E-state index contributed by atoms with van der Waals surface area (Å²) >= 11 is 0. The lowest BCUT2D eigenvalue weighted by Gasteiger charge is -2.24. The van der Waals surface area contributed by atoms with Crippen LogP contribution in [0.2, 0.25) is 0 Å². The van der Waals surface area contributed by atoms with Gasteiger partial charge in [0.1, 0.15) is 5.82 Å². The molecule has 0 heterocycles. The van der Waals surface area contributed by atoms with Gasteiger partial charge in [-0.1, -0.05) is 13.0 Å². The fourth-order valence-electron chi connectivity index (χ4n) is 1.97. The fourth-order valence-corrected chi connectivity index (χ4v) is 2.71. The van der Waals surface area contributed by atoms with E-state index in [4.69, 9.17) is 0 Å². The van der Waals surface area contributed by atoms with Crippen LogP contribution in [-0.4, -0.2) is 26.5 Å². The first-order valence-corrected chi connectivity index (χ1v) is 7.90. The Kier molecular flexibility index (Phi) is 4.87. The molecule has 0 aliphatic carbocycles. The summed E-state index contributed by atoms with van der Waals surface area (Å²) in [5.41, 5.74) is 1.46. The number of benzene rings is 1. The normalized spacial score (nSPS) is 15.4. The first kappa shape index (κ1) is 15.1. The summed E-state index contributed by atoms with van der Waals surface area (Å²) in [4.78, 5) is 0. The average molecular weight is 273 g/mol. The van der Waals surface area contributed by atoms with Crippen LogP contribution in [0.1, 0.15) is 31.0 Å². The van der Waals surface area contributed by atoms with Gasteiger partial charge >= 0.3 is 0 Å². The summed E-state index contributed by atoms with van der Waals surface area (Å²) < 4.78 is 36.7. The van der Waals surface area contributed by atoms with Crippen molar-refractivity contribution in [3.8, 4) is 0 Å². The van der Waals surface area contributed by atoms with Crippen LogP contribution in [0.5, 0.6) is 0 Å². The maximum atomic E-state index is 13.4. The third-order valence-electron chi connectivity index (χ3n) is 2.99. The van der Waals surface area contributed by atoms with Gasteiger partial charge in [-0.3, -0.25) is 0 Å². The van der Waals surface area contributed by atoms with Crippen molar-refractivity contribution < 1.29 is 12.8 Å². The van der Waals surface area contributed by atoms with E-state index in [9.17, 15) is 12.8 Å². The van der Waals surface area contributed by atoms with Crippen molar-refractivity contribution >= 4 is 9.84 Å². The second-order valence-electron chi connectivity index (χ2n) is 4.63. The molecule has 3 nitrogen and oxygen atoms in total. The Hall–Kier alpha value is -0.940. The molecule has 0 bridgehead atoms. The third-order valence-corrected chi connectivity index (χ3v) is 4.62. The quantitative estimate of drug-likeness (QED) is 0.894. The first-order valence-electron chi connectivity index (χ1n) is 5.95. The zero-order valence-corrected chi connectivity index (χ0v) is 12.0. The van der Waals surface area contributed by atoms with Crippen molar-refractivity contribution in [1.82, 2.24) is 5.32 Å². The number of aryl methyl sites for hydroxylation is 1. The molecule has 102 valence electrons. The molecule has 1 rings (SSSR count). The second kappa shape index (κ2) is 5.80. The monoisotopic (exact) mass is 273 g/mol. The topological polar surface area (TPSA) is 46.2 Å². The van der Waals surface area contributed by atoms with E-state index in [1.165, 1.54) is 18.4 Å². The molecule has 0 aliphatic heterocycles. The lowest BCUT2D eigenvalue weighted by Crippen LogP contribution is -2.35. The zero-order valence-electron chi connectivity index (χ0n) is 11.2. The van der Waals surface area contributed by atoms with Crippen molar-refractivity contribution in [2.75, 3.05) is 12.8 Å². The van der Waals surface area contributed by atoms with E-state index in [2.05, 4.69) is 5.32 Å². The number of hydrogen-bond donors (Lipinski definition) is 1. The van der Waals surface area contributed by atoms with Crippen LogP contribution in [0, 0.1) is 12.7 Å². The molecule has 1 aromatic rings. The lowest BCUT2D eigenvalue weighted by atomic mass is 10.0. The van der Waals surface area contributed by atoms with Crippen molar-refractivity contribution in [2.24, 2.45) is 0 Å². The van der Waals surface area contributed by atoms with Crippen molar-refractivity contribution in [2.45, 2.75) is 32.1 Å². The Labute approximate surface area is 108 Å². The summed E-state index contributed by atoms with van der Waals surface area (Å²) in [6.07, 6.45) is 1.20. The first-order chi connectivity index (χ1) is 8.25. The summed E-state index contributed by atoms with van der Waals surface area (Å²) in [5.74, 6) is -0.339. The highest BCUT2D eigenvalue weighted by Crippen LogP contribution is 2.23. The number of nitrogens with one attached hydrogen (secondary N) is 1. The molecular formula is C13H20FNO2S. The van der Waals surface area contributed by atoms with Gasteiger partial charge in [0.2, 0.25) is 0 Å². The maximum absolute atomic E-state index is 13.4. The van der Waals surface area contributed by atoms with Gasteiger partial charge in [0.25, 0.3) is 0 Å². The second-order valence-corrected chi connectivity index (χ2v) is 7.03. The maximum Gasteiger partial charge on any atom is 0.151 e. The molecule has 18 heavy (non-hydrogen) atoms. The van der Waals surface area contributed by atoms with Gasteiger partial charge in [0.05, 0.1) is 5.25 Å². The Balaban J connectivity index is 3.19. The lowest BCUT2D eigenvalue weighted by molar-refractivity contribution is 0.509. The number of rotatable bonds is 5. The molecule has 2 unspecified atom stereocenters. The molecular weight excluding hydrogens is 253 g/mol. The zero-order chi connectivity index (χ0) is 13.9. The average Bonchev–Trinajstić information content (AvgIpc) is 2.22. The molecule has 2 atom stereocenters. The van der Waals surface area contributed by atoms with Gasteiger partial charge < -0.3 is 5.32 Å². The number of hydrogen-bond acceptors (Lipinski definition) is 3. The minimum absolute atomic E-state index is 0.339. The van der Waals surface area contributed by atoms with Gasteiger partial charge in [-0.05, 0) is 43.7 Å². The molecule has 0 saturated heterocycles. The smallest absolute Gasteiger partial charge is 0.151 e. The standard InChI is InChI=1S/C13H20FNO2S/c1-5-15-13(10(3)18(4,16)17)11-6-9(2)7-12(14)8-11/h6-8,10,13,15H,5H2,1-4H3. The van der Waals surface area contributed by atoms with E-state index >= 15 is 0 Å². The van der Waals surface area contributed by atoms with Crippen LogP contribution in [-0.2, 0) is 9.84 Å². The Morgan fingerprint density at radius 3 is 2.39 bits per heavy atom. The molecule has 0 fully saturated rings. The summed E-state index contributed by atoms with van der Waals surface area (Å²) in [7, 11) is -3.18. The molecule has 1 N–H and O–H groups in total. The number of sulfone groups is 1. The summed E-state index contributed by atoms with van der Waals surface area (Å²) in [6.45, 7) is 5.96. The molecule has 5 heteroatoms. The van der Waals surface area contributed by atoms with E-state index in [0.717, 1.165) is 5.56 Å². The molecule has 1 aromatic carbocycles. The molecule has 0 aliphatic rings. The van der Waals surface area contributed by atoms with E-state index in [-0.39, 0.29) is 11.9 Å². The molecule has 0 amide bonds. The Bertz CT molecular complexity index is 493. The van der Waals surface area contributed by atoms with E-state index in [1.807, 2.05) is 13.0 Å². The van der Waals surface area contributed by atoms with E-state index in [1.54, 1.807) is 13.8 Å². The largest absolute Gasteiger partial charge is 0.309 e. The Morgan fingerprint density at radius 2 is 1.94 bits per heavy atom. The van der Waals surface area contributed by atoms with Crippen LogP contribution in [0.4, 0.5) is 4.39 Å². The molecule has 0 spiro atoms. The van der Waals surface area contributed by atoms with Crippen molar-refractivity contribution in [3.63, 3.8) is 0 Å². The molecule has 0 radical (unpaired) electrons. The van der Waals surface area contributed by atoms with E-state index in [0.29, 0.717) is 12.1 Å². The third kappa shape index (κ3) is 3.78. The number of halogens is 1. The minimum Gasteiger partial charge on any atom is -0.309 e. The van der Waals surface area contributed by atoms with Gasteiger partial charge in [-0.2, -0.15) is 0 Å². The van der Waals surface area contributed by atoms with E-state index < -0.39 is 15.1 Å². The predicted octanol–water partition coefficient (Wildman–Crippen LogP) is 2.22. The van der Waals surface area contributed by atoms with Gasteiger partial charge in [0, 0.05) is 12.3 Å². The summed E-state index contributed by atoms with van der Waals surface area (Å²) in [5, 5.41) is 2.52.